The van der Waals surface area contributed by atoms with Crippen molar-refractivity contribution in [3.8, 4) is 22.8 Å². The van der Waals surface area contributed by atoms with Gasteiger partial charge in [0.25, 0.3) is 5.91 Å². The number of oxazole rings is 1. The van der Waals surface area contributed by atoms with Crippen molar-refractivity contribution in [2.24, 2.45) is 0 Å². The summed E-state index contributed by atoms with van der Waals surface area (Å²) >= 11 is 0. The van der Waals surface area contributed by atoms with Crippen LogP contribution >= 0.6 is 0 Å². The molecule has 2 aromatic heterocycles. The predicted molar refractivity (Wildman–Crippen MR) is 126 cm³/mol. The Balaban J connectivity index is 1.55. The van der Waals surface area contributed by atoms with Crippen LogP contribution in [0.4, 0.5) is 17.6 Å². The number of hydrogen-bond acceptors (Lipinski definition) is 5. The molecule has 0 saturated heterocycles. The summed E-state index contributed by atoms with van der Waals surface area (Å²) in [6, 6.07) is 15.4. The average molecular weight is 524 g/mol. The van der Waals surface area contributed by atoms with Gasteiger partial charge in [0.2, 0.25) is 0 Å². The number of carbonyl (C=O) groups is 1. The van der Waals surface area contributed by atoms with Crippen LogP contribution in [-0.2, 0) is 0 Å². The molecule has 8 nitrogen and oxygen atoms in total. The van der Waals surface area contributed by atoms with Crippen LogP contribution in [0.1, 0.15) is 27.7 Å². The zero-order valence-electron chi connectivity index (χ0n) is 19.2. The van der Waals surface area contributed by atoms with Crippen LogP contribution in [-0.4, -0.2) is 38.7 Å². The average Bonchev–Trinajstić information content (AvgIpc) is 3.53. The molecular formula is C26H16F4N4O4. The Bertz CT molecular complexity index is 1720. The quantitative estimate of drug-likeness (QED) is 0.294. The molecule has 6 rings (SSSR count). The monoisotopic (exact) mass is 524 g/mol. The van der Waals surface area contributed by atoms with Crippen LogP contribution in [0.15, 0.2) is 75.9 Å². The van der Waals surface area contributed by atoms with Gasteiger partial charge in [-0.3, -0.25) is 14.9 Å². The summed E-state index contributed by atoms with van der Waals surface area (Å²) in [6.07, 6.45) is -4.70. The molecule has 1 unspecified atom stereocenters. The lowest BCUT2D eigenvalue weighted by atomic mass is 9.95. The fourth-order valence-electron chi connectivity index (χ4n) is 4.64. The molecule has 2 N–H and O–H groups in total. The predicted octanol–water partition coefficient (Wildman–Crippen LogP) is 5.55. The van der Waals surface area contributed by atoms with Gasteiger partial charge in [0, 0.05) is 11.6 Å². The highest BCUT2D eigenvalue weighted by Crippen LogP contribution is 2.45. The first-order valence-corrected chi connectivity index (χ1v) is 11.3. The van der Waals surface area contributed by atoms with Gasteiger partial charge < -0.3 is 14.1 Å². The Hall–Kier alpha value is -4.87. The van der Waals surface area contributed by atoms with Gasteiger partial charge in [-0.1, -0.05) is 30.3 Å². The maximum Gasteiger partial charge on any atom is 0.417 e. The Labute approximate surface area is 210 Å². The van der Waals surface area contributed by atoms with Gasteiger partial charge in [-0.15, -0.1) is 0 Å². The molecule has 3 aromatic carbocycles. The number of nitrogens with one attached hydrogen (secondary N) is 2. The first kappa shape index (κ1) is 23.5. The molecule has 0 bridgehead atoms. The number of aromatic amines is 2. The van der Waals surface area contributed by atoms with E-state index < -0.39 is 36.2 Å². The van der Waals surface area contributed by atoms with Crippen LogP contribution in [0, 0.1) is 5.82 Å². The number of rotatable bonds is 5. The van der Waals surface area contributed by atoms with E-state index in [4.69, 9.17) is 9.15 Å². The van der Waals surface area contributed by atoms with Crippen molar-refractivity contribution < 1.29 is 31.5 Å². The largest absolute Gasteiger partial charge is 0.457 e. The molecule has 3 heterocycles. The third-order valence-electron chi connectivity index (χ3n) is 6.13. The summed E-state index contributed by atoms with van der Waals surface area (Å²) in [7, 11) is 0. The summed E-state index contributed by atoms with van der Waals surface area (Å²) in [6.45, 7) is -1.54. The standard InChI is InChI=1S/C26H16F4N4O4/c27-14-8-6-13(7-9-14)22-19-20(32-33-21(19)24(35)34(22)12-26(28,29)30)17-10-16(37-15-4-2-1-3-5-15)11-18-23(17)38-25(36)31-18/h1-11,22H,12H2,(H,31,36)(H,32,33). The molecule has 0 aliphatic carbocycles. The highest BCUT2D eigenvalue weighted by molar-refractivity contribution is 6.02. The second-order valence-electron chi connectivity index (χ2n) is 8.64. The maximum absolute atomic E-state index is 13.7. The minimum atomic E-state index is -4.70. The van der Waals surface area contributed by atoms with Gasteiger partial charge in [0.05, 0.1) is 17.1 Å². The molecule has 0 fully saturated rings. The van der Waals surface area contributed by atoms with E-state index in [2.05, 4.69) is 15.2 Å². The number of benzene rings is 3. The smallest absolute Gasteiger partial charge is 0.417 e. The molecule has 12 heteroatoms. The van der Waals surface area contributed by atoms with E-state index in [9.17, 15) is 27.2 Å². The molecule has 1 amide bonds. The molecule has 5 aromatic rings. The van der Waals surface area contributed by atoms with E-state index in [1.54, 1.807) is 30.3 Å². The van der Waals surface area contributed by atoms with Gasteiger partial charge >= 0.3 is 11.9 Å². The number of halogens is 4. The molecule has 0 spiro atoms. The SMILES string of the molecule is O=C1c2[nH]nc(-c3cc(Oc4ccccc4)cc4[nH]c(=O)oc34)c2C(c2ccc(F)cc2)N1CC(F)(F)F. The number of nitrogens with zero attached hydrogens (tertiary/aromatic N) is 2. The lowest BCUT2D eigenvalue weighted by Crippen LogP contribution is -2.37. The molecule has 192 valence electrons. The van der Waals surface area contributed by atoms with Crippen molar-refractivity contribution in [1.82, 2.24) is 20.1 Å². The van der Waals surface area contributed by atoms with Crippen LogP contribution < -0.4 is 10.5 Å². The normalized spacial score (nSPS) is 15.3. The molecule has 0 saturated carbocycles. The molecule has 1 aliphatic rings. The van der Waals surface area contributed by atoms with Gasteiger partial charge in [0.15, 0.2) is 5.58 Å². The Morgan fingerprint density at radius 2 is 1.74 bits per heavy atom. The van der Waals surface area contributed by atoms with Crippen molar-refractivity contribution in [3.63, 3.8) is 0 Å². The number of hydrogen-bond donors (Lipinski definition) is 2. The van der Waals surface area contributed by atoms with E-state index in [-0.39, 0.29) is 44.9 Å². The minimum absolute atomic E-state index is 0.0734. The number of fused-ring (bicyclic) bond motifs is 2. The zero-order valence-corrected chi connectivity index (χ0v) is 19.2. The van der Waals surface area contributed by atoms with Gasteiger partial charge in [-0.05, 0) is 35.9 Å². The van der Waals surface area contributed by atoms with Crippen molar-refractivity contribution in [1.29, 1.82) is 0 Å². The van der Waals surface area contributed by atoms with Crippen LogP contribution in [0.5, 0.6) is 11.5 Å². The fourth-order valence-corrected chi connectivity index (χ4v) is 4.64. The van der Waals surface area contributed by atoms with Crippen LogP contribution in [0.25, 0.3) is 22.4 Å². The summed E-state index contributed by atoms with van der Waals surface area (Å²) in [5.74, 6) is -1.51. The third-order valence-corrected chi connectivity index (χ3v) is 6.13. The molecular weight excluding hydrogens is 508 g/mol. The molecule has 0 radical (unpaired) electrons. The number of aromatic nitrogens is 3. The lowest BCUT2D eigenvalue weighted by molar-refractivity contribution is -0.142. The van der Waals surface area contributed by atoms with Gasteiger partial charge in [0.1, 0.15) is 35.2 Å². The second-order valence-corrected chi connectivity index (χ2v) is 8.64. The number of ether oxygens (including phenoxy) is 1. The molecule has 38 heavy (non-hydrogen) atoms. The number of H-pyrrole nitrogens is 2. The fraction of sp³-hybridized carbons (Fsp3) is 0.115. The van der Waals surface area contributed by atoms with Crippen LogP contribution in [0.2, 0.25) is 0 Å². The maximum atomic E-state index is 13.7. The van der Waals surface area contributed by atoms with Crippen molar-refractivity contribution >= 4 is 17.0 Å². The van der Waals surface area contributed by atoms with E-state index >= 15 is 0 Å². The second kappa shape index (κ2) is 8.61. The van der Waals surface area contributed by atoms with Crippen LogP contribution in [0.3, 0.4) is 0 Å². The van der Waals surface area contributed by atoms with E-state index in [0.717, 1.165) is 12.1 Å². The first-order chi connectivity index (χ1) is 18.2. The Kier molecular flexibility index (Phi) is 5.33. The summed E-state index contributed by atoms with van der Waals surface area (Å²) in [5, 5.41) is 6.78. The highest BCUT2D eigenvalue weighted by atomic mass is 19.4. The number of amides is 1. The van der Waals surface area contributed by atoms with E-state index in [1.165, 1.54) is 24.3 Å². The van der Waals surface area contributed by atoms with Crippen molar-refractivity contribution in [2.75, 3.05) is 6.54 Å². The van der Waals surface area contributed by atoms with Crippen molar-refractivity contribution in [2.45, 2.75) is 12.2 Å². The Morgan fingerprint density at radius 3 is 2.45 bits per heavy atom. The van der Waals surface area contributed by atoms with Gasteiger partial charge in [-0.2, -0.15) is 18.3 Å². The molecule has 1 atom stereocenters. The number of carbonyl (C=O) groups excluding carboxylic acids is 1. The van der Waals surface area contributed by atoms with E-state index in [1.807, 2.05) is 0 Å². The topological polar surface area (TPSA) is 104 Å². The number of alkyl halides is 3. The zero-order chi connectivity index (χ0) is 26.6. The summed E-state index contributed by atoms with van der Waals surface area (Å²) in [4.78, 5) is 28.4. The first-order valence-electron chi connectivity index (χ1n) is 11.3. The Morgan fingerprint density at radius 1 is 1.00 bits per heavy atom. The molecule has 1 aliphatic heterocycles. The lowest BCUT2D eigenvalue weighted by Gasteiger charge is -2.27. The summed E-state index contributed by atoms with van der Waals surface area (Å²) in [5.41, 5.74) is 0.839. The third kappa shape index (κ3) is 4.09. The van der Waals surface area contributed by atoms with Crippen molar-refractivity contribution in [3.05, 3.63) is 99.9 Å². The minimum Gasteiger partial charge on any atom is -0.457 e. The highest BCUT2D eigenvalue weighted by Gasteiger charge is 2.47. The number of para-hydroxylation sites is 1. The summed E-state index contributed by atoms with van der Waals surface area (Å²) < 4.78 is 65.4. The van der Waals surface area contributed by atoms with Gasteiger partial charge in [-0.25, -0.2) is 9.18 Å². The van der Waals surface area contributed by atoms with E-state index in [0.29, 0.717) is 10.6 Å².